The number of rotatable bonds is 10. The number of nitrogens with zero attached hydrogens (tertiary/aromatic N) is 2. The van der Waals surface area contributed by atoms with Gasteiger partial charge in [-0.3, -0.25) is 4.98 Å². The van der Waals surface area contributed by atoms with Gasteiger partial charge in [-0.25, -0.2) is 19.2 Å². The van der Waals surface area contributed by atoms with E-state index in [1.807, 2.05) is 6.92 Å². The van der Waals surface area contributed by atoms with Crippen LogP contribution in [0.15, 0.2) is 87.5 Å². The molecule has 0 N–H and O–H groups in total. The molecule has 0 saturated carbocycles. The third-order valence-corrected chi connectivity index (χ3v) is 6.36. The zero-order valence-electron chi connectivity index (χ0n) is 24.0. The highest BCUT2D eigenvalue weighted by Gasteiger charge is 2.41. The molecular weight excluding hydrogens is 560 g/mol. The Morgan fingerprint density at radius 2 is 1.58 bits per heavy atom. The van der Waals surface area contributed by atoms with Crippen molar-refractivity contribution < 1.29 is 47.0 Å². The Kier molecular flexibility index (Phi) is 9.40. The third-order valence-electron chi connectivity index (χ3n) is 6.36. The summed E-state index contributed by atoms with van der Waals surface area (Å²) in [6, 6.07) is 13.9. The Bertz CT molecular complexity index is 1640. The summed E-state index contributed by atoms with van der Waals surface area (Å²) in [4.78, 5) is 58.4. The van der Waals surface area contributed by atoms with Crippen LogP contribution in [0.4, 0.5) is 11.4 Å². The molecule has 0 spiro atoms. The smallest absolute Gasteiger partial charge is 0.374 e. The molecule has 43 heavy (non-hydrogen) atoms. The van der Waals surface area contributed by atoms with Crippen LogP contribution in [0.3, 0.4) is 0 Å². The Labute approximate surface area is 246 Å². The van der Waals surface area contributed by atoms with Gasteiger partial charge in [-0.05, 0) is 43.3 Å². The summed E-state index contributed by atoms with van der Waals surface area (Å²) in [7, 11) is 4.57. The first-order chi connectivity index (χ1) is 20.7. The summed E-state index contributed by atoms with van der Waals surface area (Å²) >= 11 is 0. The highest BCUT2D eigenvalue weighted by molar-refractivity contribution is 6.09. The van der Waals surface area contributed by atoms with Gasteiger partial charge in [-0.15, -0.1) is 0 Å². The minimum absolute atomic E-state index is 0.0404. The fraction of sp³-hybridized carbons (Fsp3) is 0.194. The predicted octanol–water partition coefficient (Wildman–Crippen LogP) is 4.97. The van der Waals surface area contributed by atoms with Crippen molar-refractivity contribution in [1.82, 2.24) is 4.98 Å². The molecule has 1 aromatic carbocycles. The van der Waals surface area contributed by atoms with Gasteiger partial charge in [0.2, 0.25) is 5.76 Å². The zero-order valence-corrected chi connectivity index (χ0v) is 24.0. The van der Waals surface area contributed by atoms with Crippen molar-refractivity contribution in [2.24, 2.45) is 0 Å². The molecular formula is C31H28N2O10. The number of hydrogen-bond acceptors (Lipinski definition) is 12. The maximum Gasteiger partial charge on any atom is 0.374 e. The van der Waals surface area contributed by atoms with E-state index in [2.05, 4.69) is 4.98 Å². The lowest BCUT2D eigenvalue weighted by Crippen LogP contribution is -2.32. The van der Waals surface area contributed by atoms with E-state index in [0.717, 1.165) is 40.1 Å². The Morgan fingerprint density at radius 1 is 0.860 bits per heavy atom. The van der Waals surface area contributed by atoms with Crippen LogP contribution < -0.4 is 4.90 Å². The second-order valence-corrected chi connectivity index (χ2v) is 8.92. The van der Waals surface area contributed by atoms with Crippen LogP contribution in [0, 0.1) is 6.92 Å². The SMILES string of the molecule is COC(=O)/C=C(\C(=O)OC)C(c1ccccn1)N(c1ccc(C)cc1)c1c(-c2ccco2)oc(C(=O)OC)c1C(=O)OC. The van der Waals surface area contributed by atoms with Gasteiger partial charge in [0, 0.05) is 18.0 Å². The first kappa shape index (κ1) is 30.3. The molecule has 1 unspecified atom stereocenters. The summed E-state index contributed by atoms with van der Waals surface area (Å²) in [5.74, 6) is -4.11. The number of anilines is 2. The van der Waals surface area contributed by atoms with E-state index in [0.29, 0.717) is 5.69 Å². The highest BCUT2D eigenvalue weighted by Crippen LogP contribution is 2.48. The summed E-state index contributed by atoms with van der Waals surface area (Å²) < 4.78 is 31.6. The fourth-order valence-electron chi connectivity index (χ4n) is 4.39. The first-order valence-electron chi connectivity index (χ1n) is 12.8. The molecule has 222 valence electrons. The molecule has 4 aromatic rings. The van der Waals surface area contributed by atoms with Crippen LogP contribution in [0.1, 0.15) is 38.2 Å². The van der Waals surface area contributed by atoms with E-state index in [9.17, 15) is 19.2 Å². The molecule has 12 nitrogen and oxygen atoms in total. The molecule has 1 atom stereocenters. The summed E-state index contributed by atoms with van der Waals surface area (Å²) in [5.41, 5.74) is 0.974. The standard InChI is InChI=1S/C31H28N2O10/c1-18-11-13-19(14-12-18)33(25(21-9-6-7-15-32-21)20(29(35)39-3)17-23(34)38-2)26-24(30(36)40-4)28(31(37)41-5)43-27(26)22-10-8-16-42-22/h6-17,25H,1-5H3/b20-17-. The van der Waals surface area contributed by atoms with Gasteiger partial charge in [0.15, 0.2) is 11.5 Å². The fourth-order valence-corrected chi connectivity index (χ4v) is 4.39. The van der Waals surface area contributed by atoms with Crippen molar-refractivity contribution >= 4 is 35.3 Å². The van der Waals surface area contributed by atoms with Crippen molar-refractivity contribution in [2.75, 3.05) is 33.3 Å². The van der Waals surface area contributed by atoms with Crippen molar-refractivity contribution in [3.63, 3.8) is 0 Å². The number of methoxy groups -OCH3 is 4. The van der Waals surface area contributed by atoms with Gasteiger partial charge in [0.05, 0.1) is 46.0 Å². The molecule has 0 saturated heterocycles. The number of carbonyl (C=O) groups excluding carboxylic acids is 4. The number of benzene rings is 1. The van der Waals surface area contributed by atoms with Gasteiger partial charge in [-0.2, -0.15) is 0 Å². The van der Waals surface area contributed by atoms with Crippen LogP contribution in [-0.4, -0.2) is 57.3 Å². The predicted molar refractivity (Wildman–Crippen MR) is 151 cm³/mol. The maximum atomic E-state index is 13.4. The number of aryl methyl sites for hydroxylation is 1. The molecule has 0 aliphatic carbocycles. The molecule has 0 radical (unpaired) electrons. The zero-order chi connectivity index (χ0) is 31.1. The molecule has 0 bridgehead atoms. The maximum absolute atomic E-state index is 13.4. The van der Waals surface area contributed by atoms with E-state index < -0.39 is 35.7 Å². The van der Waals surface area contributed by atoms with E-state index in [-0.39, 0.29) is 34.0 Å². The van der Waals surface area contributed by atoms with Crippen molar-refractivity contribution in [1.29, 1.82) is 0 Å². The van der Waals surface area contributed by atoms with Crippen LogP contribution in [-0.2, 0) is 28.5 Å². The molecule has 3 heterocycles. The van der Waals surface area contributed by atoms with Crippen LogP contribution >= 0.6 is 0 Å². The lowest BCUT2D eigenvalue weighted by molar-refractivity contribution is -0.138. The van der Waals surface area contributed by atoms with E-state index in [4.69, 9.17) is 27.8 Å². The Hall–Kier alpha value is -5.65. The second-order valence-electron chi connectivity index (χ2n) is 8.92. The minimum Gasteiger partial charge on any atom is -0.466 e. The van der Waals surface area contributed by atoms with Crippen molar-refractivity contribution in [3.8, 4) is 11.5 Å². The minimum atomic E-state index is -1.27. The Balaban J connectivity index is 2.23. The quantitative estimate of drug-likeness (QED) is 0.140. The van der Waals surface area contributed by atoms with Crippen LogP contribution in [0.2, 0.25) is 0 Å². The summed E-state index contributed by atoms with van der Waals surface area (Å²) in [6.07, 6.45) is 3.84. The van der Waals surface area contributed by atoms with E-state index in [1.165, 1.54) is 17.4 Å². The Morgan fingerprint density at radius 3 is 2.14 bits per heavy atom. The molecule has 3 aromatic heterocycles. The largest absolute Gasteiger partial charge is 0.466 e. The molecule has 0 aliphatic rings. The number of esters is 4. The molecule has 0 fully saturated rings. The number of carbonyl (C=O) groups is 4. The van der Waals surface area contributed by atoms with Crippen molar-refractivity contribution in [3.05, 3.63) is 101 Å². The topological polar surface area (TPSA) is 148 Å². The summed E-state index contributed by atoms with van der Waals surface area (Å²) in [5, 5.41) is 0. The summed E-state index contributed by atoms with van der Waals surface area (Å²) in [6.45, 7) is 1.88. The average Bonchev–Trinajstić information content (AvgIpc) is 3.71. The number of hydrogen-bond donors (Lipinski definition) is 0. The van der Waals surface area contributed by atoms with Gasteiger partial charge in [-0.1, -0.05) is 23.8 Å². The molecule has 12 heteroatoms. The number of ether oxygens (including phenoxy) is 4. The monoisotopic (exact) mass is 588 g/mol. The highest BCUT2D eigenvalue weighted by atomic mass is 16.5. The van der Waals surface area contributed by atoms with Gasteiger partial charge >= 0.3 is 23.9 Å². The number of aromatic nitrogens is 1. The molecule has 4 rings (SSSR count). The lowest BCUT2D eigenvalue weighted by Gasteiger charge is -2.34. The van der Waals surface area contributed by atoms with Crippen molar-refractivity contribution in [2.45, 2.75) is 13.0 Å². The van der Waals surface area contributed by atoms with E-state index >= 15 is 0 Å². The number of furan rings is 2. The normalized spacial score (nSPS) is 11.8. The van der Waals surface area contributed by atoms with E-state index in [1.54, 1.807) is 54.6 Å². The van der Waals surface area contributed by atoms with Gasteiger partial charge < -0.3 is 32.7 Å². The van der Waals surface area contributed by atoms with Crippen LogP contribution in [0.5, 0.6) is 0 Å². The molecule has 0 aliphatic heterocycles. The van der Waals surface area contributed by atoms with Gasteiger partial charge in [0.1, 0.15) is 17.3 Å². The average molecular weight is 589 g/mol. The van der Waals surface area contributed by atoms with Crippen LogP contribution in [0.25, 0.3) is 11.5 Å². The van der Waals surface area contributed by atoms with Gasteiger partial charge in [0.25, 0.3) is 0 Å². The third kappa shape index (κ3) is 6.17. The lowest BCUT2D eigenvalue weighted by atomic mass is 9.97. The first-order valence-corrected chi connectivity index (χ1v) is 12.8. The number of pyridine rings is 1. The molecule has 0 amide bonds. The second kappa shape index (κ2) is 13.3.